The number of halogens is 1. The highest BCUT2D eigenvalue weighted by Gasteiger charge is 2.18. The zero-order valence-electron chi connectivity index (χ0n) is 12.3. The van der Waals surface area contributed by atoms with E-state index in [1.54, 1.807) is 0 Å². The minimum atomic E-state index is 0.108. The van der Waals surface area contributed by atoms with E-state index in [9.17, 15) is 4.79 Å². The smallest absolute Gasteiger partial charge is 0.224 e. The molecule has 2 nitrogen and oxygen atoms in total. The highest BCUT2D eigenvalue weighted by Crippen LogP contribution is 2.20. The van der Waals surface area contributed by atoms with Crippen molar-refractivity contribution in [3.05, 3.63) is 34.9 Å². The van der Waals surface area contributed by atoms with Crippen LogP contribution in [0.1, 0.15) is 37.0 Å². The molecule has 0 saturated carbocycles. The Morgan fingerprint density at radius 3 is 2.63 bits per heavy atom. The van der Waals surface area contributed by atoms with Crippen molar-refractivity contribution in [1.29, 1.82) is 0 Å². The van der Waals surface area contributed by atoms with Gasteiger partial charge in [-0.15, -0.1) is 0 Å². The molecule has 1 aromatic carbocycles. The summed E-state index contributed by atoms with van der Waals surface area (Å²) in [5.74, 6) is 0.108. The maximum Gasteiger partial charge on any atom is 0.224 e. The van der Waals surface area contributed by atoms with Crippen molar-refractivity contribution >= 4 is 21.8 Å². The van der Waals surface area contributed by atoms with Crippen LogP contribution < -0.4 is 5.32 Å². The average molecular weight is 326 g/mol. The Morgan fingerprint density at radius 1 is 1.32 bits per heavy atom. The Labute approximate surface area is 125 Å². The molecule has 0 spiro atoms. The van der Waals surface area contributed by atoms with Gasteiger partial charge in [0.05, 0.1) is 6.42 Å². The molecular weight excluding hydrogens is 302 g/mol. The number of benzene rings is 1. The Morgan fingerprint density at radius 2 is 2.00 bits per heavy atom. The molecule has 19 heavy (non-hydrogen) atoms. The molecule has 0 aromatic heterocycles. The largest absolute Gasteiger partial charge is 0.355 e. The molecule has 0 atom stereocenters. The summed E-state index contributed by atoms with van der Waals surface area (Å²) in [6.45, 7) is 9.18. The van der Waals surface area contributed by atoms with E-state index in [0.29, 0.717) is 6.42 Å². The number of hydrogen-bond donors (Lipinski definition) is 1. The van der Waals surface area contributed by atoms with Crippen molar-refractivity contribution in [3.8, 4) is 0 Å². The molecule has 0 aliphatic rings. The molecule has 0 unspecified atom stereocenters. The molecule has 0 heterocycles. The topological polar surface area (TPSA) is 29.1 Å². The molecule has 0 fully saturated rings. The Bertz CT molecular complexity index is 440. The molecular formula is C16H24BrNO. The van der Waals surface area contributed by atoms with Crippen LogP contribution in [-0.4, -0.2) is 17.8 Å². The van der Waals surface area contributed by atoms with Gasteiger partial charge in [-0.2, -0.15) is 0 Å². The normalized spacial score (nSPS) is 11.4. The average Bonchev–Trinajstić information content (AvgIpc) is 2.31. The van der Waals surface area contributed by atoms with Gasteiger partial charge in [0.1, 0.15) is 0 Å². The number of nitrogens with one attached hydrogen (secondary N) is 1. The Kier molecular flexibility index (Phi) is 6.05. The lowest BCUT2D eigenvalue weighted by molar-refractivity contribution is -0.120. The molecule has 1 rings (SSSR count). The monoisotopic (exact) mass is 325 g/mol. The van der Waals surface area contributed by atoms with Gasteiger partial charge in [-0.25, -0.2) is 0 Å². The van der Waals surface area contributed by atoms with E-state index < -0.39 is 0 Å². The third kappa shape index (κ3) is 5.77. The lowest BCUT2D eigenvalue weighted by Crippen LogP contribution is -2.35. The van der Waals surface area contributed by atoms with Crippen molar-refractivity contribution in [1.82, 2.24) is 5.32 Å². The first-order chi connectivity index (χ1) is 8.84. The van der Waals surface area contributed by atoms with E-state index in [-0.39, 0.29) is 11.3 Å². The first-order valence-electron chi connectivity index (χ1n) is 6.73. The number of rotatable bonds is 6. The standard InChI is InChI=1S/C16H24BrNO/c1-12-5-6-13(2)14(9-12)10-15(19)18-11-16(3,4)7-8-17/h5-6,9H,7-8,10-11H2,1-4H3,(H,18,19). The number of amides is 1. The molecule has 0 radical (unpaired) electrons. The van der Waals surface area contributed by atoms with Gasteiger partial charge >= 0.3 is 0 Å². The van der Waals surface area contributed by atoms with E-state index in [4.69, 9.17) is 0 Å². The second-order valence-corrected chi connectivity index (χ2v) is 6.78. The van der Waals surface area contributed by atoms with Gasteiger partial charge < -0.3 is 5.32 Å². The zero-order valence-corrected chi connectivity index (χ0v) is 13.9. The summed E-state index contributed by atoms with van der Waals surface area (Å²) in [6.07, 6.45) is 1.52. The van der Waals surface area contributed by atoms with Gasteiger partial charge in [0, 0.05) is 11.9 Å². The van der Waals surface area contributed by atoms with E-state index in [1.807, 2.05) is 0 Å². The molecule has 106 valence electrons. The van der Waals surface area contributed by atoms with Gasteiger partial charge in [0.2, 0.25) is 5.91 Å². The minimum absolute atomic E-state index is 0.108. The van der Waals surface area contributed by atoms with E-state index in [0.717, 1.165) is 23.9 Å². The highest BCUT2D eigenvalue weighted by molar-refractivity contribution is 9.09. The Balaban J connectivity index is 2.54. The van der Waals surface area contributed by atoms with Crippen molar-refractivity contribution in [2.45, 2.75) is 40.5 Å². The molecule has 1 N–H and O–H groups in total. The molecule has 1 aromatic rings. The van der Waals surface area contributed by atoms with Crippen LogP contribution in [-0.2, 0) is 11.2 Å². The fourth-order valence-electron chi connectivity index (χ4n) is 1.91. The summed E-state index contributed by atoms with van der Waals surface area (Å²) in [6, 6.07) is 6.25. The van der Waals surface area contributed by atoms with Gasteiger partial charge in [0.25, 0.3) is 0 Å². The van der Waals surface area contributed by atoms with E-state index in [2.05, 4.69) is 67.1 Å². The maximum absolute atomic E-state index is 12.0. The number of carbonyl (C=O) groups excluding carboxylic acids is 1. The third-order valence-corrected chi connectivity index (χ3v) is 3.79. The number of carbonyl (C=O) groups is 1. The first kappa shape index (κ1) is 16.2. The second-order valence-electron chi connectivity index (χ2n) is 5.99. The van der Waals surface area contributed by atoms with Crippen LogP contribution in [0.5, 0.6) is 0 Å². The molecule has 0 bridgehead atoms. The quantitative estimate of drug-likeness (QED) is 0.792. The molecule has 0 saturated heterocycles. The summed E-state index contributed by atoms with van der Waals surface area (Å²) in [7, 11) is 0. The van der Waals surface area contributed by atoms with Gasteiger partial charge in [-0.3, -0.25) is 4.79 Å². The summed E-state index contributed by atoms with van der Waals surface area (Å²) >= 11 is 3.45. The number of aryl methyl sites for hydroxylation is 2. The van der Waals surface area contributed by atoms with Crippen LogP contribution in [0.25, 0.3) is 0 Å². The Hall–Kier alpha value is -0.830. The van der Waals surface area contributed by atoms with E-state index >= 15 is 0 Å². The molecule has 1 amide bonds. The van der Waals surface area contributed by atoms with Gasteiger partial charge in [0.15, 0.2) is 0 Å². The fraction of sp³-hybridized carbons (Fsp3) is 0.562. The van der Waals surface area contributed by atoms with Crippen LogP contribution in [0.3, 0.4) is 0 Å². The lowest BCUT2D eigenvalue weighted by atomic mass is 9.90. The highest BCUT2D eigenvalue weighted by atomic mass is 79.9. The molecule has 3 heteroatoms. The third-order valence-electron chi connectivity index (χ3n) is 3.39. The number of alkyl halides is 1. The van der Waals surface area contributed by atoms with Gasteiger partial charge in [-0.05, 0) is 36.8 Å². The first-order valence-corrected chi connectivity index (χ1v) is 7.85. The predicted octanol–water partition coefficient (Wildman–Crippen LogP) is 3.77. The SMILES string of the molecule is Cc1ccc(C)c(CC(=O)NCC(C)(C)CCBr)c1. The summed E-state index contributed by atoms with van der Waals surface area (Å²) in [5.41, 5.74) is 3.64. The minimum Gasteiger partial charge on any atom is -0.355 e. The van der Waals surface area contributed by atoms with Gasteiger partial charge in [-0.1, -0.05) is 53.5 Å². The number of hydrogen-bond acceptors (Lipinski definition) is 1. The zero-order chi connectivity index (χ0) is 14.5. The summed E-state index contributed by atoms with van der Waals surface area (Å²) in [4.78, 5) is 12.0. The van der Waals surface area contributed by atoms with Crippen molar-refractivity contribution < 1.29 is 4.79 Å². The van der Waals surface area contributed by atoms with Crippen LogP contribution in [0.4, 0.5) is 0 Å². The molecule has 0 aliphatic heterocycles. The van der Waals surface area contributed by atoms with Crippen LogP contribution in [0, 0.1) is 19.3 Å². The lowest BCUT2D eigenvalue weighted by Gasteiger charge is -2.24. The predicted molar refractivity (Wildman–Crippen MR) is 84.8 cm³/mol. The van der Waals surface area contributed by atoms with Crippen molar-refractivity contribution in [2.24, 2.45) is 5.41 Å². The maximum atomic E-state index is 12.0. The van der Waals surface area contributed by atoms with Crippen LogP contribution >= 0.6 is 15.9 Å². The fourth-order valence-corrected chi connectivity index (χ4v) is 2.98. The summed E-state index contributed by atoms with van der Waals surface area (Å²) < 4.78 is 0. The summed E-state index contributed by atoms with van der Waals surface area (Å²) in [5, 5.41) is 4.01. The van der Waals surface area contributed by atoms with Crippen molar-refractivity contribution in [2.75, 3.05) is 11.9 Å². The van der Waals surface area contributed by atoms with Crippen LogP contribution in [0.2, 0.25) is 0 Å². The van der Waals surface area contributed by atoms with Crippen LogP contribution in [0.15, 0.2) is 18.2 Å². The van der Waals surface area contributed by atoms with Crippen molar-refractivity contribution in [3.63, 3.8) is 0 Å². The second kappa shape index (κ2) is 7.09. The van der Waals surface area contributed by atoms with E-state index in [1.165, 1.54) is 11.1 Å². The molecule has 0 aliphatic carbocycles.